The van der Waals surface area contributed by atoms with Gasteiger partial charge in [0.2, 0.25) is 0 Å². The lowest BCUT2D eigenvalue weighted by molar-refractivity contribution is -0.914. The van der Waals surface area contributed by atoms with Crippen molar-refractivity contribution in [1.82, 2.24) is 0 Å². The number of nitro groups is 1. The highest BCUT2D eigenvalue weighted by Crippen LogP contribution is 2.29. The molecule has 2 aromatic rings. The normalized spacial score (nSPS) is 15.4. The largest absolute Gasteiger partial charge is 0.495 e. The number of piperazine rings is 1. The number of carbonyl (C=O) groups excluding carboxylic acids is 1. The molecule has 9 nitrogen and oxygen atoms in total. The second-order valence-corrected chi connectivity index (χ2v) is 7.17. The predicted molar refractivity (Wildman–Crippen MR) is 114 cm³/mol. The van der Waals surface area contributed by atoms with E-state index in [0.29, 0.717) is 5.69 Å². The first-order valence-electron chi connectivity index (χ1n) is 9.80. The zero-order valence-corrected chi connectivity index (χ0v) is 17.4. The van der Waals surface area contributed by atoms with E-state index in [1.165, 1.54) is 30.2 Å². The first-order valence-corrected chi connectivity index (χ1v) is 9.80. The highest BCUT2D eigenvalue weighted by molar-refractivity contribution is 5.95. The molecular weight excluding hydrogens is 388 g/mol. The van der Waals surface area contributed by atoms with Crippen molar-refractivity contribution in [2.24, 2.45) is 0 Å². The first-order chi connectivity index (χ1) is 14.4. The van der Waals surface area contributed by atoms with E-state index in [1.54, 1.807) is 7.11 Å². The molecule has 30 heavy (non-hydrogen) atoms. The average Bonchev–Trinajstić information content (AvgIpc) is 2.78. The topological polar surface area (TPSA) is 98.4 Å². The van der Waals surface area contributed by atoms with E-state index >= 15 is 0 Å². The first kappa shape index (κ1) is 21.4. The van der Waals surface area contributed by atoms with Crippen molar-refractivity contribution >= 4 is 23.0 Å². The van der Waals surface area contributed by atoms with Gasteiger partial charge < -0.3 is 24.6 Å². The van der Waals surface area contributed by atoms with Crippen LogP contribution in [0.3, 0.4) is 0 Å². The van der Waals surface area contributed by atoms with Gasteiger partial charge in [-0.15, -0.1) is 0 Å². The smallest absolute Gasteiger partial charge is 0.282 e. The minimum atomic E-state index is -0.498. The van der Waals surface area contributed by atoms with Crippen LogP contribution >= 0.6 is 0 Å². The molecule has 1 amide bonds. The van der Waals surface area contributed by atoms with Crippen molar-refractivity contribution in [3.63, 3.8) is 0 Å². The molecule has 1 atom stereocenters. The molecule has 0 unspecified atom stereocenters. The van der Waals surface area contributed by atoms with Crippen molar-refractivity contribution in [3.05, 3.63) is 52.6 Å². The van der Waals surface area contributed by atoms with Gasteiger partial charge >= 0.3 is 0 Å². The SMILES string of the molecule is COc1cc([N+](=O)[O-])ccc1NC(=O)[C@H](C)[NH+]1CCN(c2ccccc2OC)CC1. The zero-order chi connectivity index (χ0) is 21.7. The highest BCUT2D eigenvalue weighted by atomic mass is 16.6. The molecule has 0 bridgehead atoms. The Morgan fingerprint density at radius 1 is 1.13 bits per heavy atom. The van der Waals surface area contributed by atoms with Crippen LogP contribution < -0.4 is 24.6 Å². The number of amides is 1. The Morgan fingerprint density at radius 2 is 1.80 bits per heavy atom. The number of benzene rings is 2. The van der Waals surface area contributed by atoms with Crippen LogP contribution in [0.1, 0.15) is 6.92 Å². The molecule has 160 valence electrons. The van der Waals surface area contributed by atoms with Crippen LogP contribution in [0.4, 0.5) is 17.1 Å². The van der Waals surface area contributed by atoms with E-state index < -0.39 is 4.92 Å². The number of methoxy groups -OCH3 is 2. The number of para-hydroxylation sites is 2. The molecule has 3 rings (SSSR count). The Hall–Kier alpha value is -3.33. The van der Waals surface area contributed by atoms with Crippen molar-refractivity contribution in [1.29, 1.82) is 0 Å². The van der Waals surface area contributed by atoms with Crippen LogP contribution in [-0.4, -0.2) is 57.3 Å². The number of hydrogen-bond donors (Lipinski definition) is 2. The van der Waals surface area contributed by atoms with Crippen molar-refractivity contribution < 1.29 is 24.1 Å². The van der Waals surface area contributed by atoms with Crippen molar-refractivity contribution in [2.75, 3.05) is 50.6 Å². The van der Waals surface area contributed by atoms with Crippen molar-refractivity contribution in [3.8, 4) is 11.5 Å². The van der Waals surface area contributed by atoms with E-state index in [2.05, 4.69) is 10.2 Å². The summed E-state index contributed by atoms with van der Waals surface area (Å²) in [6, 6.07) is 11.8. The average molecular weight is 415 g/mol. The maximum atomic E-state index is 12.8. The number of rotatable bonds is 7. The van der Waals surface area contributed by atoms with E-state index in [0.717, 1.165) is 37.6 Å². The molecule has 0 aliphatic carbocycles. The number of carbonyl (C=O) groups is 1. The van der Waals surface area contributed by atoms with Gasteiger partial charge in [0.15, 0.2) is 6.04 Å². The fraction of sp³-hybridized carbons (Fsp3) is 0.381. The van der Waals surface area contributed by atoms with Crippen LogP contribution in [0.5, 0.6) is 11.5 Å². The molecule has 0 radical (unpaired) electrons. The summed E-state index contributed by atoms with van der Waals surface area (Å²) in [6.45, 7) is 5.14. The van der Waals surface area contributed by atoms with Crippen LogP contribution in [-0.2, 0) is 4.79 Å². The molecule has 9 heteroatoms. The monoisotopic (exact) mass is 415 g/mol. The molecule has 0 saturated carbocycles. The van der Waals surface area contributed by atoms with Crippen LogP contribution in [0.2, 0.25) is 0 Å². The molecule has 1 saturated heterocycles. The molecule has 1 heterocycles. The maximum Gasteiger partial charge on any atom is 0.282 e. The Morgan fingerprint density at radius 3 is 2.43 bits per heavy atom. The maximum absolute atomic E-state index is 12.8. The third-order valence-electron chi connectivity index (χ3n) is 5.49. The summed E-state index contributed by atoms with van der Waals surface area (Å²) >= 11 is 0. The summed E-state index contributed by atoms with van der Waals surface area (Å²) < 4.78 is 10.7. The Bertz CT molecular complexity index is 912. The van der Waals surface area contributed by atoms with Crippen molar-refractivity contribution in [2.45, 2.75) is 13.0 Å². The van der Waals surface area contributed by atoms with Gasteiger partial charge in [0.1, 0.15) is 11.5 Å². The zero-order valence-electron chi connectivity index (χ0n) is 17.4. The summed E-state index contributed by atoms with van der Waals surface area (Å²) in [5.74, 6) is 0.959. The van der Waals surface area contributed by atoms with Gasteiger partial charge in [-0.2, -0.15) is 0 Å². The van der Waals surface area contributed by atoms with Gasteiger partial charge in [0, 0.05) is 6.07 Å². The Kier molecular flexibility index (Phi) is 6.73. The predicted octanol–water partition coefficient (Wildman–Crippen LogP) is 1.34. The number of nitro benzene ring substituents is 1. The second kappa shape index (κ2) is 9.45. The fourth-order valence-corrected chi connectivity index (χ4v) is 3.68. The Balaban J connectivity index is 1.62. The Labute approximate surface area is 175 Å². The highest BCUT2D eigenvalue weighted by Gasteiger charge is 2.30. The number of anilines is 2. The van der Waals surface area contributed by atoms with E-state index in [9.17, 15) is 14.9 Å². The quantitative estimate of drug-likeness (QED) is 0.523. The summed E-state index contributed by atoms with van der Waals surface area (Å²) in [4.78, 5) is 26.7. The van der Waals surface area contributed by atoms with Gasteiger partial charge in [-0.05, 0) is 25.1 Å². The minimum Gasteiger partial charge on any atom is -0.495 e. The molecule has 0 aromatic heterocycles. The van der Waals surface area contributed by atoms with Gasteiger partial charge in [-0.1, -0.05) is 12.1 Å². The number of nitrogens with one attached hydrogen (secondary N) is 2. The van der Waals surface area contributed by atoms with Gasteiger partial charge in [0.25, 0.3) is 11.6 Å². The number of quaternary nitrogens is 1. The lowest BCUT2D eigenvalue weighted by atomic mass is 10.1. The number of non-ortho nitro benzene ring substituents is 1. The number of nitrogens with zero attached hydrogens (tertiary/aromatic N) is 2. The molecule has 1 aliphatic heterocycles. The lowest BCUT2D eigenvalue weighted by Gasteiger charge is -2.36. The van der Waals surface area contributed by atoms with E-state index in [1.807, 2.05) is 31.2 Å². The summed E-state index contributed by atoms with van der Waals surface area (Å²) in [5, 5.41) is 13.8. The fourth-order valence-electron chi connectivity index (χ4n) is 3.68. The van der Waals surface area contributed by atoms with Gasteiger partial charge in [0.05, 0.1) is 62.8 Å². The second-order valence-electron chi connectivity index (χ2n) is 7.17. The molecular formula is C21H27N4O5+. The lowest BCUT2D eigenvalue weighted by Crippen LogP contribution is -3.19. The van der Waals surface area contributed by atoms with Crippen LogP contribution in [0, 0.1) is 10.1 Å². The minimum absolute atomic E-state index is 0.0871. The molecule has 1 fully saturated rings. The van der Waals surface area contributed by atoms with Gasteiger partial charge in [-0.3, -0.25) is 14.9 Å². The molecule has 2 aromatic carbocycles. The molecule has 2 N–H and O–H groups in total. The number of ether oxygens (including phenoxy) is 2. The van der Waals surface area contributed by atoms with E-state index in [-0.39, 0.29) is 23.4 Å². The molecule has 1 aliphatic rings. The van der Waals surface area contributed by atoms with E-state index in [4.69, 9.17) is 9.47 Å². The standard InChI is InChI=1S/C21H26N4O5/c1-15(21(26)22-17-9-8-16(25(27)28)14-20(17)30-3)23-10-12-24(13-11-23)18-6-4-5-7-19(18)29-2/h4-9,14-15H,10-13H2,1-3H3,(H,22,26)/p+1/t15-/m0/s1. The number of hydrogen-bond acceptors (Lipinski definition) is 6. The summed E-state index contributed by atoms with van der Waals surface area (Å²) in [7, 11) is 3.08. The van der Waals surface area contributed by atoms with Crippen LogP contribution in [0.15, 0.2) is 42.5 Å². The van der Waals surface area contributed by atoms with Gasteiger partial charge in [-0.25, -0.2) is 0 Å². The molecule has 0 spiro atoms. The third-order valence-corrected chi connectivity index (χ3v) is 5.49. The summed E-state index contributed by atoms with van der Waals surface area (Å²) in [5.41, 5.74) is 1.40. The summed E-state index contributed by atoms with van der Waals surface area (Å²) in [6.07, 6.45) is 0. The van der Waals surface area contributed by atoms with Crippen LogP contribution in [0.25, 0.3) is 0 Å². The third kappa shape index (κ3) is 4.62.